The third kappa shape index (κ3) is 5.51. The molecule has 4 nitrogen and oxygen atoms in total. The molecule has 86 valence electrons. The van der Waals surface area contributed by atoms with E-state index >= 15 is 0 Å². The number of sulfonamides is 1. The molecule has 1 atom stereocenters. The summed E-state index contributed by atoms with van der Waals surface area (Å²) in [6.45, 7) is 3.72. The van der Waals surface area contributed by atoms with E-state index in [1.807, 2.05) is 0 Å². The first kappa shape index (κ1) is 13.8. The molecule has 0 saturated heterocycles. The minimum absolute atomic E-state index is 0.228. The maximum atomic E-state index is 12.0. The molecular formula is C8H18FNO3S. The molecule has 0 rings (SSSR count). The molecule has 14 heavy (non-hydrogen) atoms. The first-order valence-electron chi connectivity index (χ1n) is 4.54. The van der Waals surface area contributed by atoms with Crippen LogP contribution in [0.5, 0.6) is 0 Å². The summed E-state index contributed by atoms with van der Waals surface area (Å²) in [6, 6.07) is 0. The minimum Gasteiger partial charge on any atom is -0.374 e. The van der Waals surface area contributed by atoms with Crippen LogP contribution in [-0.4, -0.2) is 51.5 Å². The lowest BCUT2D eigenvalue weighted by Gasteiger charge is -2.18. The van der Waals surface area contributed by atoms with Gasteiger partial charge in [-0.2, -0.15) is 0 Å². The summed E-state index contributed by atoms with van der Waals surface area (Å²) in [7, 11) is -3.16. The molecule has 0 fully saturated rings. The summed E-state index contributed by atoms with van der Waals surface area (Å²) < 4.78 is 40.5. The van der Waals surface area contributed by atoms with Crippen molar-refractivity contribution >= 4 is 10.0 Å². The topological polar surface area (TPSA) is 46.6 Å². The van der Waals surface area contributed by atoms with Gasteiger partial charge in [-0.05, 0) is 6.92 Å². The quantitative estimate of drug-likeness (QED) is 0.641. The van der Waals surface area contributed by atoms with Crippen molar-refractivity contribution in [2.75, 3.05) is 32.6 Å². The maximum Gasteiger partial charge on any atom is 0.211 e. The van der Waals surface area contributed by atoms with Gasteiger partial charge in [-0.15, -0.1) is 0 Å². The number of likely N-dealkylation sites (N-methyl/N-ethyl adjacent to an activating group) is 1. The van der Waals surface area contributed by atoms with Crippen LogP contribution in [0.1, 0.15) is 13.8 Å². The van der Waals surface area contributed by atoms with E-state index in [-0.39, 0.29) is 13.2 Å². The molecule has 0 aliphatic rings. The van der Waals surface area contributed by atoms with Crippen LogP contribution >= 0.6 is 0 Å². The fourth-order valence-electron chi connectivity index (χ4n) is 0.959. The maximum absolute atomic E-state index is 12.0. The molecule has 1 unspecified atom stereocenters. The Morgan fingerprint density at radius 1 is 1.50 bits per heavy atom. The van der Waals surface area contributed by atoms with Crippen LogP contribution in [0.4, 0.5) is 4.39 Å². The van der Waals surface area contributed by atoms with Crippen molar-refractivity contribution in [3.63, 3.8) is 0 Å². The van der Waals surface area contributed by atoms with Gasteiger partial charge in [0.1, 0.15) is 6.67 Å². The highest BCUT2D eigenvalue weighted by molar-refractivity contribution is 7.88. The van der Waals surface area contributed by atoms with Gasteiger partial charge < -0.3 is 4.74 Å². The number of hydrogen-bond acceptors (Lipinski definition) is 3. The molecule has 0 spiro atoms. The Morgan fingerprint density at radius 3 is 2.43 bits per heavy atom. The predicted molar refractivity (Wildman–Crippen MR) is 53.5 cm³/mol. The van der Waals surface area contributed by atoms with Crippen LogP contribution < -0.4 is 0 Å². The van der Waals surface area contributed by atoms with Gasteiger partial charge in [-0.25, -0.2) is 17.1 Å². The lowest BCUT2D eigenvalue weighted by atomic mass is 10.4. The number of halogens is 1. The average molecular weight is 227 g/mol. The third-order valence-corrected chi connectivity index (χ3v) is 3.16. The largest absolute Gasteiger partial charge is 0.374 e. The van der Waals surface area contributed by atoms with E-state index in [9.17, 15) is 12.8 Å². The average Bonchev–Trinajstić information content (AvgIpc) is 2.09. The van der Waals surface area contributed by atoms with E-state index in [1.54, 1.807) is 13.8 Å². The second-order valence-electron chi connectivity index (χ2n) is 3.09. The molecule has 0 N–H and O–H groups in total. The van der Waals surface area contributed by atoms with Crippen molar-refractivity contribution < 1.29 is 17.5 Å². The van der Waals surface area contributed by atoms with E-state index in [2.05, 4.69) is 0 Å². The van der Waals surface area contributed by atoms with Gasteiger partial charge in [0.25, 0.3) is 0 Å². The zero-order chi connectivity index (χ0) is 11.2. The number of alkyl halides is 1. The summed E-state index contributed by atoms with van der Waals surface area (Å²) in [6.07, 6.45) is 0.683. The van der Waals surface area contributed by atoms with Crippen LogP contribution in [0.15, 0.2) is 0 Å². The van der Waals surface area contributed by atoms with Crippen molar-refractivity contribution in [3.05, 3.63) is 0 Å². The minimum atomic E-state index is -3.16. The number of ether oxygens (including phenoxy) is 1. The Labute approximate surface area is 85.1 Å². The van der Waals surface area contributed by atoms with Gasteiger partial charge >= 0.3 is 0 Å². The molecule has 0 amide bonds. The molecule has 0 aliphatic heterocycles. The zero-order valence-corrected chi connectivity index (χ0v) is 9.68. The van der Waals surface area contributed by atoms with E-state index in [0.29, 0.717) is 6.54 Å². The Balaban J connectivity index is 3.87. The number of nitrogens with zero attached hydrogens (tertiary/aromatic N) is 1. The summed E-state index contributed by atoms with van der Waals surface area (Å²) in [4.78, 5) is 0. The molecule has 0 aromatic carbocycles. The lowest BCUT2D eigenvalue weighted by molar-refractivity contribution is 0.0435. The van der Waals surface area contributed by atoms with E-state index in [0.717, 1.165) is 6.26 Å². The van der Waals surface area contributed by atoms with E-state index in [1.165, 1.54) is 4.31 Å². The second kappa shape index (κ2) is 6.31. The third-order valence-electron chi connectivity index (χ3n) is 1.78. The zero-order valence-electron chi connectivity index (χ0n) is 8.86. The van der Waals surface area contributed by atoms with Crippen molar-refractivity contribution in [3.8, 4) is 0 Å². The van der Waals surface area contributed by atoms with Crippen molar-refractivity contribution in [1.29, 1.82) is 0 Å². The standard InChI is InChI=1S/C8H18FNO3S/c1-4-10(14(3,11)12)5-6-13-8(2)7-9/h8H,4-7H2,1-3H3. The van der Waals surface area contributed by atoms with Gasteiger partial charge in [0.05, 0.1) is 19.0 Å². The normalized spacial score (nSPS) is 14.6. The first-order valence-corrected chi connectivity index (χ1v) is 6.39. The molecule has 6 heteroatoms. The van der Waals surface area contributed by atoms with Crippen LogP contribution in [0.2, 0.25) is 0 Å². The van der Waals surface area contributed by atoms with Gasteiger partial charge in [0.15, 0.2) is 0 Å². The van der Waals surface area contributed by atoms with E-state index < -0.39 is 22.8 Å². The van der Waals surface area contributed by atoms with Crippen molar-refractivity contribution in [2.24, 2.45) is 0 Å². The SMILES string of the molecule is CCN(CCOC(C)CF)S(C)(=O)=O. The molecule has 0 aromatic heterocycles. The van der Waals surface area contributed by atoms with Gasteiger partial charge in [0, 0.05) is 13.1 Å². The molecule has 0 aliphatic carbocycles. The Morgan fingerprint density at radius 2 is 2.07 bits per heavy atom. The van der Waals surface area contributed by atoms with Gasteiger partial charge in [-0.3, -0.25) is 0 Å². The van der Waals surface area contributed by atoms with Crippen LogP contribution in [-0.2, 0) is 14.8 Å². The van der Waals surface area contributed by atoms with Crippen molar-refractivity contribution in [1.82, 2.24) is 4.31 Å². The highest BCUT2D eigenvalue weighted by Gasteiger charge is 2.13. The van der Waals surface area contributed by atoms with E-state index in [4.69, 9.17) is 4.74 Å². The molecule has 0 bridgehead atoms. The number of hydrogen-bond donors (Lipinski definition) is 0. The lowest BCUT2D eigenvalue weighted by Crippen LogP contribution is -2.33. The highest BCUT2D eigenvalue weighted by atomic mass is 32.2. The second-order valence-corrected chi connectivity index (χ2v) is 5.07. The summed E-state index contributed by atoms with van der Waals surface area (Å²) in [5.74, 6) is 0. The monoisotopic (exact) mass is 227 g/mol. The summed E-state index contributed by atoms with van der Waals surface area (Å²) in [5, 5.41) is 0. The Kier molecular flexibility index (Phi) is 6.22. The number of rotatable bonds is 7. The molecule has 0 saturated carbocycles. The molecule has 0 aromatic rings. The van der Waals surface area contributed by atoms with Gasteiger partial charge in [0.2, 0.25) is 10.0 Å². The summed E-state index contributed by atoms with van der Waals surface area (Å²) >= 11 is 0. The Bertz CT molecular complexity index is 243. The van der Waals surface area contributed by atoms with Crippen LogP contribution in [0.25, 0.3) is 0 Å². The first-order chi connectivity index (χ1) is 6.41. The predicted octanol–water partition coefficient (Wildman–Crippen LogP) is 0.643. The van der Waals surface area contributed by atoms with Gasteiger partial charge in [-0.1, -0.05) is 6.92 Å². The highest BCUT2D eigenvalue weighted by Crippen LogP contribution is 1.98. The molecule has 0 radical (unpaired) electrons. The summed E-state index contributed by atoms with van der Waals surface area (Å²) in [5.41, 5.74) is 0. The van der Waals surface area contributed by atoms with Crippen molar-refractivity contribution in [2.45, 2.75) is 20.0 Å². The Hall–Kier alpha value is -0.200. The fraction of sp³-hybridized carbons (Fsp3) is 1.00. The molecule has 0 heterocycles. The van der Waals surface area contributed by atoms with Crippen LogP contribution in [0.3, 0.4) is 0 Å². The molecular weight excluding hydrogens is 209 g/mol. The fourth-order valence-corrected chi connectivity index (χ4v) is 1.83. The smallest absolute Gasteiger partial charge is 0.211 e. The van der Waals surface area contributed by atoms with Crippen LogP contribution in [0, 0.1) is 0 Å².